The van der Waals surface area contributed by atoms with E-state index in [2.05, 4.69) is 15.5 Å². The third-order valence-corrected chi connectivity index (χ3v) is 3.69. The number of aromatic nitrogens is 2. The highest BCUT2D eigenvalue weighted by Gasteiger charge is 2.12. The summed E-state index contributed by atoms with van der Waals surface area (Å²) in [6, 6.07) is 9.37. The minimum absolute atomic E-state index is 0.140. The van der Waals surface area contributed by atoms with Crippen LogP contribution in [-0.2, 0) is 11.3 Å². The van der Waals surface area contributed by atoms with Crippen molar-refractivity contribution in [1.29, 1.82) is 0 Å². The Morgan fingerprint density at radius 1 is 1.22 bits per heavy atom. The number of rotatable bonds is 6. The number of thioether (sulfide) groups is 1. The molecule has 23 heavy (non-hydrogen) atoms. The topological polar surface area (TPSA) is 81.2 Å². The van der Waals surface area contributed by atoms with Gasteiger partial charge in [-0.2, -0.15) is 0 Å². The summed E-state index contributed by atoms with van der Waals surface area (Å²) < 4.78 is 23.3. The van der Waals surface area contributed by atoms with Crippen molar-refractivity contribution in [1.82, 2.24) is 15.5 Å². The Bertz CT molecular complexity index is 772. The van der Waals surface area contributed by atoms with Crippen LogP contribution >= 0.6 is 11.8 Å². The van der Waals surface area contributed by atoms with Crippen LogP contribution in [0.1, 0.15) is 5.56 Å². The molecule has 0 atom stereocenters. The fraction of sp³-hybridized carbons (Fsp3) is 0.133. The Balaban J connectivity index is 1.46. The molecule has 8 heteroatoms. The molecule has 0 saturated heterocycles. The second-order valence-electron chi connectivity index (χ2n) is 4.54. The number of amides is 1. The van der Waals surface area contributed by atoms with Crippen molar-refractivity contribution < 1.29 is 18.0 Å². The third-order valence-electron chi connectivity index (χ3n) is 2.87. The normalized spacial score (nSPS) is 10.7. The molecule has 0 fully saturated rings. The van der Waals surface area contributed by atoms with Crippen molar-refractivity contribution in [2.75, 3.05) is 5.75 Å². The lowest BCUT2D eigenvalue weighted by atomic mass is 10.2. The minimum atomic E-state index is -0.306. The van der Waals surface area contributed by atoms with E-state index in [9.17, 15) is 9.18 Å². The first-order valence-corrected chi connectivity index (χ1v) is 7.70. The van der Waals surface area contributed by atoms with E-state index < -0.39 is 0 Å². The first kappa shape index (κ1) is 15.3. The van der Waals surface area contributed by atoms with Crippen LogP contribution in [0.5, 0.6) is 0 Å². The number of carbonyl (C=O) groups is 1. The highest BCUT2D eigenvalue weighted by Crippen LogP contribution is 2.23. The third kappa shape index (κ3) is 4.19. The molecule has 2 heterocycles. The Morgan fingerprint density at radius 2 is 2.04 bits per heavy atom. The lowest BCUT2D eigenvalue weighted by Gasteiger charge is -2.04. The zero-order chi connectivity index (χ0) is 16.1. The van der Waals surface area contributed by atoms with Gasteiger partial charge in [0.25, 0.3) is 11.1 Å². The van der Waals surface area contributed by atoms with E-state index in [0.717, 1.165) is 17.3 Å². The van der Waals surface area contributed by atoms with Crippen LogP contribution in [0.25, 0.3) is 11.7 Å². The van der Waals surface area contributed by atoms with E-state index >= 15 is 0 Å². The number of carbonyl (C=O) groups excluding carboxylic acids is 1. The maximum atomic E-state index is 12.8. The molecule has 6 nitrogen and oxygen atoms in total. The largest absolute Gasteiger partial charge is 0.459 e. The number of halogens is 1. The van der Waals surface area contributed by atoms with E-state index in [1.807, 2.05) is 0 Å². The maximum absolute atomic E-state index is 12.8. The zero-order valence-electron chi connectivity index (χ0n) is 11.9. The van der Waals surface area contributed by atoms with Gasteiger partial charge in [0.05, 0.1) is 12.0 Å². The summed E-state index contributed by atoms with van der Waals surface area (Å²) >= 11 is 1.13. The predicted molar refractivity (Wildman–Crippen MR) is 81.0 cm³/mol. The summed E-state index contributed by atoms with van der Waals surface area (Å²) in [7, 11) is 0. The van der Waals surface area contributed by atoms with Crippen LogP contribution in [0, 0.1) is 5.82 Å². The Morgan fingerprint density at radius 3 is 2.78 bits per heavy atom. The van der Waals surface area contributed by atoms with Crippen LogP contribution in [0.15, 0.2) is 56.7 Å². The highest BCUT2D eigenvalue weighted by molar-refractivity contribution is 7.99. The smallest absolute Gasteiger partial charge is 0.284 e. The minimum Gasteiger partial charge on any atom is -0.459 e. The van der Waals surface area contributed by atoms with Gasteiger partial charge in [0.1, 0.15) is 5.82 Å². The lowest BCUT2D eigenvalue weighted by molar-refractivity contribution is -0.118. The standard InChI is InChI=1S/C15H12FN3O3S/c16-11-5-3-10(4-6-11)8-17-13(20)9-23-15-19-18-14(22-15)12-2-1-7-21-12/h1-7H,8-9H2,(H,17,20). The van der Waals surface area contributed by atoms with Gasteiger partial charge in [-0.3, -0.25) is 4.79 Å². The average molecular weight is 333 g/mol. The van der Waals surface area contributed by atoms with Crippen molar-refractivity contribution in [3.63, 3.8) is 0 Å². The van der Waals surface area contributed by atoms with Gasteiger partial charge in [-0.25, -0.2) is 4.39 Å². The number of furan rings is 1. The van der Waals surface area contributed by atoms with Gasteiger partial charge < -0.3 is 14.2 Å². The fourth-order valence-corrected chi connectivity index (χ4v) is 2.34. The maximum Gasteiger partial charge on any atom is 0.284 e. The molecule has 3 rings (SSSR count). The van der Waals surface area contributed by atoms with Crippen LogP contribution in [0.2, 0.25) is 0 Å². The second-order valence-corrected chi connectivity index (χ2v) is 5.47. The molecule has 118 valence electrons. The van der Waals surface area contributed by atoms with Crippen molar-refractivity contribution in [3.05, 3.63) is 54.0 Å². The van der Waals surface area contributed by atoms with E-state index in [1.54, 1.807) is 24.3 Å². The Hall–Kier alpha value is -2.61. The number of nitrogens with one attached hydrogen (secondary N) is 1. The van der Waals surface area contributed by atoms with Gasteiger partial charge in [-0.05, 0) is 29.8 Å². The summed E-state index contributed by atoms with van der Waals surface area (Å²) in [5, 5.41) is 10.7. The molecule has 0 unspecified atom stereocenters. The van der Waals surface area contributed by atoms with Gasteiger partial charge >= 0.3 is 0 Å². The SMILES string of the molecule is O=C(CSc1nnc(-c2ccco2)o1)NCc1ccc(F)cc1. The lowest BCUT2D eigenvalue weighted by Crippen LogP contribution is -2.24. The van der Waals surface area contributed by atoms with Crippen LogP contribution in [0.4, 0.5) is 4.39 Å². The zero-order valence-corrected chi connectivity index (χ0v) is 12.7. The molecule has 0 radical (unpaired) electrons. The van der Waals surface area contributed by atoms with Crippen molar-refractivity contribution in [2.24, 2.45) is 0 Å². The van der Waals surface area contributed by atoms with Crippen molar-refractivity contribution in [2.45, 2.75) is 11.8 Å². The average Bonchev–Trinajstić information content (AvgIpc) is 3.23. The van der Waals surface area contributed by atoms with Gasteiger partial charge in [0.15, 0.2) is 5.76 Å². The Kier molecular flexibility index (Phi) is 4.72. The van der Waals surface area contributed by atoms with Gasteiger partial charge in [-0.15, -0.1) is 10.2 Å². The summed E-state index contributed by atoms with van der Waals surface area (Å²) in [6.45, 7) is 0.334. The van der Waals surface area contributed by atoms with E-state index in [-0.39, 0.29) is 28.6 Å². The quantitative estimate of drug-likeness (QED) is 0.699. The predicted octanol–water partition coefficient (Wildman–Crippen LogP) is 2.88. The number of nitrogens with zero attached hydrogens (tertiary/aromatic N) is 2. The first-order valence-electron chi connectivity index (χ1n) is 6.72. The molecule has 2 aromatic heterocycles. The molecule has 0 spiro atoms. The number of hydrogen-bond donors (Lipinski definition) is 1. The summed E-state index contributed by atoms with van der Waals surface area (Å²) in [6.07, 6.45) is 1.51. The summed E-state index contributed by atoms with van der Waals surface area (Å²) in [4.78, 5) is 11.8. The van der Waals surface area contributed by atoms with Crippen LogP contribution in [-0.4, -0.2) is 21.9 Å². The molecule has 0 saturated carbocycles. The van der Waals surface area contributed by atoms with Gasteiger partial charge in [-0.1, -0.05) is 23.9 Å². The van der Waals surface area contributed by atoms with Crippen LogP contribution < -0.4 is 5.32 Å². The molecule has 1 amide bonds. The van der Waals surface area contributed by atoms with Crippen molar-refractivity contribution >= 4 is 17.7 Å². The highest BCUT2D eigenvalue weighted by atomic mass is 32.2. The molecular formula is C15H12FN3O3S. The van der Waals surface area contributed by atoms with E-state index in [4.69, 9.17) is 8.83 Å². The molecule has 1 aromatic carbocycles. The van der Waals surface area contributed by atoms with Gasteiger partial charge in [0, 0.05) is 6.54 Å². The monoisotopic (exact) mass is 333 g/mol. The molecular weight excluding hydrogens is 321 g/mol. The van der Waals surface area contributed by atoms with E-state index in [1.165, 1.54) is 18.4 Å². The summed E-state index contributed by atoms with van der Waals surface area (Å²) in [5.41, 5.74) is 0.822. The fourth-order valence-electron chi connectivity index (χ4n) is 1.75. The molecule has 3 aromatic rings. The number of benzene rings is 1. The van der Waals surface area contributed by atoms with Crippen LogP contribution in [0.3, 0.4) is 0 Å². The molecule has 0 aliphatic rings. The number of hydrogen-bond acceptors (Lipinski definition) is 6. The molecule has 0 aliphatic carbocycles. The Labute approximate surface area is 135 Å². The molecule has 0 aliphatic heterocycles. The van der Waals surface area contributed by atoms with Crippen molar-refractivity contribution in [3.8, 4) is 11.7 Å². The molecule has 1 N–H and O–H groups in total. The first-order chi connectivity index (χ1) is 11.2. The van der Waals surface area contributed by atoms with Gasteiger partial charge in [0.2, 0.25) is 5.91 Å². The summed E-state index contributed by atoms with van der Waals surface area (Å²) in [5.74, 6) is 0.395. The van der Waals surface area contributed by atoms with E-state index in [0.29, 0.717) is 12.3 Å². The molecule has 0 bridgehead atoms. The second kappa shape index (κ2) is 7.10.